The van der Waals surface area contributed by atoms with Crippen molar-refractivity contribution in [3.05, 3.63) is 23.3 Å². The van der Waals surface area contributed by atoms with Gasteiger partial charge in [-0.05, 0) is 19.4 Å². The van der Waals surface area contributed by atoms with Gasteiger partial charge in [0.15, 0.2) is 0 Å². The third kappa shape index (κ3) is 3.01. The molecule has 1 unspecified atom stereocenters. The van der Waals surface area contributed by atoms with Gasteiger partial charge >= 0.3 is 0 Å². The van der Waals surface area contributed by atoms with E-state index in [4.69, 9.17) is 0 Å². The number of aromatic nitrogens is 2. The van der Waals surface area contributed by atoms with Crippen molar-refractivity contribution >= 4 is 0 Å². The molecular formula is C13H22N2O. The molecule has 1 heterocycles. The number of hydrogen-bond acceptors (Lipinski definition) is 3. The van der Waals surface area contributed by atoms with E-state index in [0.29, 0.717) is 0 Å². The van der Waals surface area contributed by atoms with E-state index in [9.17, 15) is 5.11 Å². The molecule has 3 heteroatoms. The smallest absolute Gasteiger partial charge is 0.134 e. The monoisotopic (exact) mass is 222 g/mol. The van der Waals surface area contributed by atoms with E-state index >= 15 is 0 Å². The molecule has 0 aliphatic carbocycles. The van der Waals surface area contributed by atoms with E-state index in [1.54, 1.807) is 0 Å². The van der Waals surface area contributed by atoms with Gasteiger partial charge in [0.25, 0.3) is 0 Å². The lowest BCUT2D eigenvalue weighted by Gasteiger charge is -2.20. The largest absolute Gasteiger partial charge is 0.396 e. The van der Waals surface area contributed by atoms with Crippen molar-refractivity contribution in [1.82, 2.24) is 9.97 Å². The van der Waals surface area contributed by atoms with Gasteiger partial charge in [-0.3, -0.25) is 0 Å². The Morgan fingerprint density at radius 3 is 2.38 bits per heavy atom. The highest BCUT2D eigenvalue weighted by molar-refractivity contribution is 5.18. The van der Waals surface area contributed by atoms with Gasteiger partial charge in [-0.25, -0.2) is 9.97 Å². The summed E-state index contributed by atoms with van der Waals surface area (Å²) in [5.74, 6) is 0.830. The van der Waals surface area contributed by atoms with Crippen LogP contribution in [0.4, 0.5) is 0 Å². The molecule has 3 nitrogen and oxygen atoms in total. The van der Waals surface area contributed by atoms with Crippen LogP contribution >= 0.6 is 0 Å². The van der Waals surface area contributed by atoms with Crippen molar-refractivity contribution in [3.63, 3.8) is 0 Å². The highest BCUT2D eigenvalue weighted by Gasteiger charge is 2.19. The summed E-state index contributed by atoms with van der Waals surface area (Å²) in [5, 5.41) is 9.28. The second-order valence-corrected chi connectivity index (χ2v) is 5.29. The second kappa shape index (κ2) is 4.91. The summed E-state index contributed by atoms with van der Waals surface area (Å²) in [5.41, 5.74) is 2.04. The fourth-order valence-electron chi connectivity index (χ4n) is 1.55. The van der Waals surface area contributed by atoms with E-state index < -0.39 is 0 Å². The third-order valence-corrected chi connectivity index (χ3v) is 2.72. The molecule has 0 spiro atoms. The maximum atomic E-state index is 9.28. The van der Waals surface area contributed by atoms with E-state index in [0.717, 1.165) is 23.6 Å². The highest BCUT2D eigenvalue weighted by atomic mass is 16.3. The van der Waals surface area contributed by atoms with Crippen molar-refractivity contribution < 1.29 is 5.11 Å². The normalized spacial score (nSPS) is 13.9. The first-order chi connectivity index (χ1) is 7.38. The first-order valence-corrected chi connectivity index (χ1v) is 5.85. The Kier molecular flexibility index (Phi) is 4.03. The Morgan fingerprint density at radius 2 is 1.94 bits per heavy atom. The molecule has 0 aliphatic heterocycles. The molecule has 1 aromatic heterocycles. The predicted molar refractivity (Wildman–Crippen MR) is 65.6 cm³/mol. The fourth-order valence-corrected chi connectivity index (χ4v) is 1.55. The van der Waals surface area contributed by atoms with Crippen LogP contribution in [0.3, 0.4) is 0 Å². The summed E-state index contributed by atoms with van der Waals surface area (Å²) in [6.07, 6.45) is 0.865. The Morgan fingerprint density at radius 1 is 1.31 bits per heavy atom. The first-order valence-electron chi connectivity index (χ1n) is 5.85. The zero-order valence-electron chi connectivity index (χ0n) is 10.9. The molecule has 0 fully saturated rings. The van der Waals surface area contributed by atoms with E-state index in [2.05, 4.69) is 30.7 Å². The van der Waals surface area contributed by atoms with Crippen molar-refractivity contribution in [2.24, 2.45) is 0 Å². The van der Waals surface area contributed by atoms with Gasteiger partial charge in [0.05, 0.1) is 6.61 Å². The van der Waals surface area contributed by atoms with Gasteiger partial charge < -0.3 is 5.11 Å². The van der Waals surface area contributed by atoms with Crippen LogP contribution in [0.5, 0.6) is 0 Å². The highest BCUT2D eigenvalue weighted by Crippen LogP contribution is 2.23. The summed E-state index contributed by atoms with van der Waals surface area (Å²) in [7, 11) is 0. The maximum Gasteiger partial charge on any atom is 0.134 e. The topological polar surface area (TPSA) is 46.0 Å². The predicted octanol–water partition coefficient (Wildman–Crippen LogP) is 2.57. The van der Waals surface area contributed by atoms with E-state index in [1.807, 2.05) is 19.9 Å². The zero-order chi connectivity index (χ0) is 12.3. The molecule has 1 aromatic rings. The fraction of sp³-hybridized carbons (Fsp3) is 0.692. The summed E-state index contributed by atoms with van der Waals surface area (Å²) < 4.78 is 0. The average molecular weight is 222 g/mol. The van der Waals surface area contributed by atoms with Crippen molar-refractivity contribution in [3.8, 4) is 0 Å². The van der Waals surface area contributed by atoms with Gasteiger partial charge in [-0.2, -0.15) is 0 Å². The van der Waals surface area contributed by atoms with Gasteiger partial charge in [0.2, 0.25) is 0 Å². The molecule has 0 amide bonds. The Balaban J connectivity index is 3.17. The number of aliphatic hydroxyl groups excluding tert-OH is 1. The Hall–Kier alpha value is -0.960. The minimum atomic E-state index is 0.0240. The molecular weight excluding hydrogens is 200 g/mol. The number of hydrogen-bond donors (Lipinski definition) is 1. The number of rotatable bonds is 3. The van der Waals surface area contributed by atoms with Gasteiger partial charge in [0, 0.05) is 22.7 Å². The van der Waals surface area contributed by atoms with Crippen molar-refractivity contribution in [1.29, 1.82) is 0 Å². The van der Waals surface area contributed by atoms with Crippen LogP contribution < -0.4 is 0 Å². The van der Waals surface area contributed by atoms with Crippen LogP contribution in [0.15, 0.2) is 6.07 Å². The molecule has 0 aromatic carbocycles. The second-order valence-electron chi connectivity index (χ2n) is 5.29. The number of aryl methyl sites for hydroxylation is 1. The first kappa shape index (κ1) is 13.1. The quantitative estimate of drug-likeness (QED) is 0.855. The zero-order valence-corrected chi connectivity index (χ0v) is 10.9. The Bertz CT molecular complexity index is 351. The molecule has 90 valence electrons. The van der Waals surface area contributed by atoms with E-state index in [-0.39, 0.29) is 17.9 Å². The maximum absolute atomic E-state index is 9.28. The van der Waals surface area contributed by atoms with Crippen LogP contribution in [-0.2, 0) is 5.41 Å². The van der Waals surface area contributed by atoms with Crippen LogP contribution in [-0.4, -0.2) is 21.7 Å². The SMILES string of the molecule is CCC(CO)c1nc(C)cc(C(C)(C)C)n1. The molecule has 16 heavy (non-hydrogen) atoms. The standard InChI is InChI=1S/C13H22N2O/c1-6-10(8-16)12-14-9(2)7-11(15-12)13(3,4)5/h7,10,16H,6,8H2,1-5H3. The molecule has 1 N–H and O–H groups in total. The van der Waals surface area contributed by atoms with Crippen LogP contribution in [0, 0.1) is 6.92 Å². The molecule has 0 saturated heterocycles. The molecule has 0 aliphatic rings. The minimum Gasteiger partial charge on any atom is -0.396 e. The summed E-state index contributed by atoms with van der Waals surface area (Å²) in [6, 6.07) is 2.02. The average Bonchev–Trinajstić information content (AvgIpc) is 2.17. The van der Waals surface area contributed by atoms with Crippen LogP contribution in [0.2, 0.25) is 0 Å². The van der Waals surface area contributed by atoms with Gasteiger partial charge in [-0.15, -0.1) is 0 Å². The Labute approximate surface area is 97.9 Å². The third-order valence-electron chi connectivity index (χ3n) is 2.72. The lowest BCUT2D eigenvalue weighted by molar-refractivity contribution is 0.257. The molecule has 1 rings (SSSR count). The van der Waals surface area contributed by atoms with Gasteiger partial charge in [0.1, 0.15) is 5.82 Å². The van der Waals surface area contributed by atoms with Crippen LogP contribution in [0.1, 0.15) is 57.2 Å². The lowest BCUT2D eigenvalue weighted by Crippen LogP contribution is -2.18. The van der Waals surface area contributed by atoms with Gasteiger partial charge in [-0.1, -0.05) is 27.7 Å². The number of aliphatic hydroxyl groups is 1. The van der Waals surface area contributed by atoms with E-state index in [1.165, 1.54) is 0 Å². The molecule has 0 radical (unpaired) electrons. The van der Waals surface area contributed by atoms with Crippen LogP contribution in [0.25, 0.3) is 0 Å². The van der Waals surface area contributed by atoms with Crippen molar-refractivity contribution in [2.75, 3.05) is 6.61 Å². The lowest BCUT2D eigenvalue weighted by atomic mass is 9.91. The number of nitrogens with zero attached hydrogens (tertiary/aromatic N) is 2. The summed E-state index contributed by atoms with van der Waals surface area (Å²) >= 11 is 0. The van der Waals surface area contributed by atoms with Crippen molar-refractivity contribution in [2.45, 2.75) is 52.4 Å². The summed E-state index contributed by atoms with van der Waals surface area (Å²) in [4.78, 5) is 8.99. The minimum absolute atomic E-state index is 0.0240. The summed E-state index contributed by atoms with van der Waals surface area (Å²) in [6.45, 7) is 10.5. The molecule has 0 bridgehead atoms. The molecule has 1 atom stereocenters. The molecule has 0 saturated carbocycles.